The zero-order valence-corrected chi connectivity index (χ0v) is 16.4. The molecule has 0 unspecified atom stereocenters. The van der Waals surface area contributed by atoms with Crippen LogP contribution in [0.5, 0.6) is 5.75 Å². The zero-order chi connectivity index (χ0) is 15.7. The number of carboxylic acid groups (broad SMARTS) is 1. The van der Waals surface area contributed by atoms with Crippen LogP contribution in [0, 0.1) is 0 Å². The van der Waals surface area contributed by atoms with Crippen LogP contribution in [0.15, 0.2) is 24.3 Å². The Morgan fingerprint density at radius 2 is 1.92 bits per heavy atom. The summed E-state index contributed by atoms with van der Waals surface area (Å²) in [5.74, 6) is -0.133. The maximum Gasteiger partial charge on any atom is 1.00 e. The Kier molecular flexibility index (Phi) is 10.0. The molecule has 2 N–H and O–H groups in total. The molecule has 0 amide bonds. The first kappa shape index (κ1) is 24.2. The second kappa shape index (κ2) is 10.3. The van der Waals surface area contributed by atoms with Gasteiger partial charge in [0.2, 0.25) is 0 Å². The molecule has 1 aromatic heterocycles. The number of likely N-dealkylation sites (tertiary alicyclic amines) is 1. The number of benzene rings is 1. The fourth-order valence-electron chi connectivity index (χ4n) is 3.00. The molecule has 1 aliphatic rings. The van der Waals surface area contributed by atoms with Crippen molar-refractivity contribution in [3.05, 3.63) is 30.0 Å². The maximum atomic E-state index is 11.0. The van der Waals surface area contributed by atoms with Gasteiger partial charge in [0.25, 0.3) is 0 Å². The number of nitrogens with one attached hydrogen (secondary N) is 1. The van der Waals surface area contributed by atoms with E-state index in [1.54, 1.807) is 6.07 Å². The molecule has 0 aliphatic carbocycles. The number of hydrogen-bond acceptors (Lipinski definition) is 3. The number of hydrogen-bond donors (Lipinski definition) is 2. The van der Waals surface area contributed by atoms with Gasteiger partial charge in [-0.05, 0) is 51.0 Å². The Hall–Kier alpha value is -0.833. The molecule has 1 aliphatic heterocycles. The van der Waals surface area contributed by atoms with E-state index in [2.05, 4.69) is 23.7 Å². The quantitative estimate of drug-likeness (QED) is 0.578. The third-order valence-corrected chi connectivity index (χ3v) is 4.33. The van der Waals surface area contributed by atoms with Crippen LogP contribution in [0.1, 0.15) is 37.2 Å². The Bertz CT molecular complexity index is 686. The van der Waals surface area contributed by atoms with Crippen molar-refractivity contribution in [2.24, 2.45) is 0 Å². The van der Waals surface area contributed by atoms with Gasteiger partial charge in [-0.15, -0.1) is 12.4 Å². The van der Waals surface area contributed by atoms with Gasteiger partial charge in [0, 0.05) is 30.0 Å². The van der Waals surface area contributed by atoms with Crippen molar-refractivity contribution in [1.82, 2.24) is 9.88 Å². The van der Waals surface area contributed by atoms with Crippen molar-refractivity contribution < 1.29 is 45.9 Å². The Balaban J connectivity index is 0.00000192. The number of H-pyrrole nitrogens is 1. The van der Waals surface area contributed by atoms with E-state index in [0.29, 0.717) is 6.04 Å². The number of aromatic carboxylic acids is 1. The summed E-state index contributed by atoms with van der Waals surface area (Å²) in [5, 5.41) is 9.89. The van der Waals surface area contributed by atoms with Gasteiger partial charge in [0.1, 0.15) is 17.5 Å². The van der Waals surface area contributed by atoms with Crippen LogP contribution in [-0.2, 0) is 0 Å². The molecule has 1 fully saturated rings. The van der Waals surface area contributed by atoms with Gasteiger partial charge in [-0.3, -0.25) is 0 Å². The minimum Gasteiger partial charge on any atom is -1.00 e. The molecular weight excluding hydrogens is 358 g/mol. The van der Waals surface area contributed by atoms with E-state index in [0.717, 1.165) is 42.6 Å². The first-order valence-corrected chi connectivity index (χ1v) is 7.79. The SMILES string of the molecule is CC(C)N1CCC(Oc2ccc3[nH]c(C(=O)O)cc3c2)CC1.Cl.[Cl-].[Li+]. The van der Waals surface area contributed by atoms with E-state index in [1.165, 1.54) is 0 Å². The van der Waals surface area contributed by atoms with Gasteiger partial charge in [0.15, 0.2) is 0 Å². The molecule has 0 radical (unpaired) electrons. The van der Waals surface area contributed by atoms with E-state index >= 15 is 0 Å². The average Bonchev–Trinajstić information content (AvgIpc) is 2.91. The van der Waals surface area contributed by atoms with Crippen molar-refractivity contribution in [1.29, 1.82) is 0 Å². The van der Waals surface area contributed by atoms with Crippen LogP contribution in [0.25, 0.3) is 10.9 Å². The third kappa shape index (κ3) is 5.84. The molecule has 1 saturated heterocycles. The summed E-state index contributed by atoms with van der Waals surface area (Å²) in [5.41, 5.74) is 1.02. The monoisotopic (exact) mass is 380 g/mol. The molecule has 0 atom stereocenters. The number of piperidine rings is 1. The van der Waals surface area contributed by atoms with Gasteiger partial charge in [-0.1, -0.05) is 0 Å². The number of halogens is 2. The molecule has 2 heterocycles. The van der Waals surface area contributed by atoms with E-state index in [9.17, 15) is 4.79 Å². The normalized spacial score (nSPS) is 15.2. The molecule has 8 heteroatoms. The van der Waals surface area contributed by atoms with Crippen LogP contribution in [0.3, 0.4) is 0 Å². The number of rotatable bonds is 4. The first-order valence-electron chi connectivity index (χ1n) is 7.79. The summed E-state index contributed by atoms with van der Waals surface area (Å²) in [6, 6.07) is 7.92. The third-order valence-electron chi connectivity index (χ3n) is 4.33. The van der Waals surface area contributed by atoms with Crippen molar-refractivity contribution in [3.63, 3.8) is 0 Å². The van der Waals surface area contributed by atoms with E-state index in [-0.39, 0.29) is 55.5 Å². The second-order valence-corrected chi connectivity index (χ2v) is 6.18. The number of aromatic nitrogens is 1. The Morgan fingerprint density at radius 3 is 2.48 bits per heavy atom. The van der Waals surface area contributed by atoms with Crippen LogP contribution >= 0.6 is 12.4 Å². The van der Waals surface area contributed by atoms with Crippen molar-refractivity contribution in [2.75, 3.05) is 13.1 Å². The van der Waals surface area contributed by atoms with Crippen LogP contribution in [0.2, 0.25) is 0 Å². The zero-order valence-electron chi connectivity index (χ0n) is 14.8. The molecule has 134 valence electrons. The van der Waals surface area contributed by atoms with Crippen molar-refractivity contribution >= 4 is 29.3 Å². The van der Waals surface area contributed by atoms with Gasteiger partial charge >= 0.3 is 24.8 Å². The minimum atomic E-state index is -0.945. The van der Waals surface area contributed by atoms with E-state index in [1.807, 2.05) is 18.2 Å². The summed E-state index contributed by atoms with van der Waals surface area (Å²) in [4.78, 5) is 16.3. The topological polar surface area (TPSA) is 65.6 Å². The number of carboxylic acids is 1. The van der Waals surface area contributed by atoms with Crippen molar-refractivity contribution in [3.8, 4) is 5.75 Å². The van der Waals surface area contributed by atoms with Crippen LogP contribution < -0.4 is 36.0 Å². The maximum absolute atomic E-state index is 11.0. The molecule has 25 heavy (non-hydrogen) atoms. The van der Waals surface area contributed by atoms with Gasteiger partial charge in [-0.2, -0.15) is 0 Å². The van der Waals surface area contributed by atoms with E-state index in [4.69, 9.17) is 9.84 Å². The Morgan fingerprint density at radius 1 is 1.28 bits per heavy atom. The largest absolute Gasteiger partial charge is 1.00 e. The molecule has 0 spiro atoms. The fraction of sp³-hybridized carbons (Fsp3) is 0.471. The predicted molar refractivity (Wildman–Crippen MR) is 92.9 cm³/mol. The van der Waals surface area contributed by atoms with E-state index < -0.39 is 5.97 Å². The molecule has 2 aromatic rings. The fourth-order valence-corrected chi connectivity index (χ4v) is 3.00. The molecular formula is C17H23Cl2LiN2O3. The molecule has 5 nitrogen and oxygen atoms in total. The summed E-state index contributed by atoms with van der Waals surface area (Å²) in [7, 11) is 0. The van der Waals surface area contributed by atoms with Crippen LogP contribution in [-0.4, -0.2) is 46.2 Å². The summed E-state index contributed by atoms with van der Waals surface area (Å²) in [6.07, 6.45) is 2.30. The standard InChI is InChI=1S/C17H22N2O3.2ClH.Li/c1-11(2)19-7-5-13(6-8-19)22-14-3-4-15-12(9-14)10-16(18-15)17(20)21;;;/h3-4,9-11,13,18H,5-8H2,1-2H3,(H,20,21);2*1H;/q;;;+1/p-1. The van der Waals surface area contributed by atoms with Gasteiger partial charge in [-0.25, -0.2) is 4.79 Å². The van der Waals surface area contributed by atoms with Gasteiger partial charge in [0.05, 0.1) is 0 Å². The summed E-state index contributed by atoms with van der Waals surface area (Å²) < 4.78 is 6.07. The summed E-state index contributed by atoms with van der Waals surface area (Å²) in [6.45, 7) is 6.58. The first-order chi connectivity index (χ1) is 10.5. The molecule has 0 saturated carbocycles. The number of carbonyl (C=O) groups is 1. The number of aromatic amines is 1. The molecule has 0 bridgehead atoms. The molecule has 1 aromatic carbocycles. The Labute approximate surface area is 172 Å². The second-order valence-electron chi connectivity index (χ2n) is 6.18. The number of fused-ring (bicyclic) bond motifs is 1. The number of ether oxygens (including phenoxy) is 1. The van der Waals surface area contributed by atoms with Crippen molar-refractivity contribution in [2.45, 2.75) is 38.8 Å². The average molecular weight is 381 g/mol. The smallest absolute Gasteiger partial charge is 1.00 e. The van der Waals surface area contributed by atoms with Gasteiger partial charge < -0.3 is 32.1 Å². The predicted octanol–water partition coefficient (Wildman–Crippen LogP) is -2.45. The molecule has 3 rings (SSSR count). The summed E-state index contributed by atoms with van der Waals surface area (Å²) >= 11 is 0. The van der Waals surface area contributed by atoms with Crippen LogP contribution in [0.4, 0.5) is 0 Å². The number of nitrogens with zero attached hydrogens (tertiary/aromatic N) is 1. The minimum absolute atomic E-state index is 0.